The molecule has 4 aromatic carbocycles. The summed E-state index contributed by atoms with van der Waals surface area (Å²) in [6, 6.07) is 36.5. The van der Waals surface area contributed by atoms with Gasteiger partial charge in [0.25, 0.3) is 0 Å². The minimum Gasteiger partial charge on any atom is -0.496 e. The molecule has 0 aliphatic rings. The van der Waals surface area contributed by atoms with Crippen LogP contribution in [0.4, 0.5) is 16.4 Å². The number of methoxy groups -OCH3 is 1. The van der Waals surface area contributed by atoms with Crippen LogP contribution in [0.25, 0.3) is 21.8 Å². The van der Waals surface area contributed by atoms with E-state index < -0.39 is 0 Å². The zero-order valence-electron chi connectivity index (χ0n) is 18.0. The summed E-state index contributed by atoms with van der Waals surface area (Å²) in [6.45, 7) is 0. The van der Waals surface area contributed by atoms with Crippen LogP contribution in [0, 0.1) is 0 Å². The van der Waals surface area contributed by atoms with Gasteiger partial charge in [-0.2, -0.15) is 0 Å². The fourth-order valence-corrected chi connectivity index (χ4v) is 4.99. The smallest absolute Gasteiger partial charge is 0.129 e. The molecule has 0 saturated heterocycles. The third kappa shape index (κ3) is 4.36. The number of anilines is 3. The highest BCUT2D eigenvalue weighted by molar-refractivity contribution is 7.19. The maximum Gasteiger partial charge on any atom is 0.129 e. The van der Waals surface area contributed by atoms with Gasteiger partial charge in [0, 0.05) is 27.5 Å². The molecule has 0 radical (unpaired) electrons. The van der Waals surface area contributed by atoms with Crippen molar-refractivity contribution >= 4 is 39.3 Å². The number of hydrogen-bond donors (Lipinski definition) is 0. The fourth-order valence-electron chi connectivity index (χ4n) is 3.73. The lowest BCUT2D eigenvalue weighted by Gasteiger charge is -2.24. The second kappa shape index (κ2) is 9.49. The predicted octanol–water partition coefficient (Wildman–Crippen LogP) is 8.61. The van der Waals surface area contributed by atoms with E-state index in [1.54, 1.807) is 18.4 Å². The van der Waals surface area contributed by atoms with Gasteiger partial charge in [0.2, 0.25) is 0 Å². The van der Waals surface area contributed by atoms with Crippen LogP contribution in [-0.4, -0.2) is 12.1 Å². The number of halogens is 1. The van der Waals surface area contributed by atoms with Gasteiger partial charge < -0.3 is 9.64 Å². The van der Waals surface area contributed by atoms with Crippen molar-refractivity contribution in [3.8, 4) is 27.6 Å². The second-order valence-corrected chi connectivity index (χ2v) is 8.80. The molecule has 0 spiro atoms. The summed E-state index contributed by atoms with van der Waals surface area (Å²) in [4.78, 5) is 7.36. The highest BCUT2D eigenvalue weighted by Gasteiger charge is 2.24. The molecular formula is C28H21ClN2OS. The van der Waals surface area contributed by atoms with Gasteiger partial charge in [0.1, 0.15) is 21.5 Å². The molecule has 0 fully saturated rings. The lowest BCUT2D eigenvalue weighted by atomic mass is 10.1. The molecule has 0 bridgehead atoms. The third-order valence-electron chi connectivity index (χ3n) is 5.29. The van der Waals surface area contributed by atoms with E-state index in [4.69, 9.17) is 21.3 Å². The summed E-state index contributed by atoms with van der Waals surface area (Å²) in [5.41, 5.74) is 4.96. The zero-order chi connectivity index (χ0) is 22.6. The van der Waals surface area contributed by atoms with Gasteiger partial charge in [-0.1, -0.05) is 83.6 Å². The van der Waals surface area contributed by atoms with E-state index in [1.165, 1.54) is 0 Å². The van der Waals surface area contributed by atoms with Crippen LogP contribution in [0.2, 0.25) is 5.02 Å². The Balaban J connectivity index is 1.77. The topological polar surface area (TPSA) is 25.4 Å². The minimum absolute atomic E-state index is 0.704. The van der Waals surface area contributed by atoms with Gasteiger partial charge in [-0.15, -0.1) is 0 Å². The molecule has 0 unspecified atom stereocenters. The molecule has 5 aromatic rings. The number of ether oxygens (including phenoxy) is 1. The SMILES string of the molecule is COc1ccccc1-c1nc(-c2ccc(Cl)cc2)sc1N(c1ccccc1)c1ccccc1. The number of para-hydroxylation sites is 3. The van der Waals surface area contributed by atoms with Crippen molar-refractivity contribution < 1.29 is 4.74 Å². The van der Waals surface area contributed by atoms with Crippen LogP contribution >= 0.6 is 22.9 Å². The van der Waals surface area contributed by atoms with E-state index >= 15 is 0 Å². The third-order valence-corrected chi connectivity index (χ3v) is 6.64. The average Bonchev–Trinajstić information content (AvgIpc) is 3.30. The molecule has 0 aliphatic heterocycles. The molecule has 0 N–H and O–H groups in total. The van der Waals surface area contributed by atoms with Crippen molar-refractivity contribution in [2.75, 3.05) is 12.0 Å². The number of aromatic nitrogens is 1. The first-order valence-electron chi connectivity index (χ1n) is 10.5. The van der Waals surface area contributed by atoms with Crippen molar-refractivity contribution in [2.45, 2.75) is 0 Å². The molecule has 0 atom stereocenters. The van der Waals surface area contributed by atoms with Crippen molar-refractivity contribution in [2.24, 2.45) is 0 Å². The maximum absolute atomic E-state index is 6.14. The summed E-state index contributed by atoms with van der Waals surface area (Å²) in [7, 11) is 1.69. The molecule has 5 rings (SSSR count). The van der Waals surface area contributed by atoms with E-state index in [9.17, 15) is 0 Å². The second-order valence-electron chi connectivity index (χ2n) is 7.39. The van der Waals surface area contributed by atoms with E-state index in [2.05, 4.69) is 59.5 Å². The van der Waals surface area contributed by atoms with E-state index in [-0.39, 0.29) is 0 Å². The summed E-state index contributed by atoms with van der Waals surface area (Å²) in [5.74, 6) is 0.785. The van der Waals surface area contributed by atoms with Crippen LogP contribution in [0.5, 0.6) is 5.75 Å². The first kappa shape index (κ1) is 21.3. The molecule has 0 aliphatic carbocycles. The summed E-state index contributed by atoms with van der Waals surface area (Å²) in [5, 5.41) is 2.64. The average molecular weight is 469 g/mol. The Kier molecular flexibility index (Phi) is 6.11. The number of benzene rings is 4. The van der Waals surface area contributed by atoms with E-state index in [0.29, 0.717) is 5.02 Å². The Morgan fingerprint density at radius 3 is 1.91 bits per heavy atom. The molecule has 3 nitrogen and oxygen atoms in total. The summed E-state index contributed by atoms with van der Waals surface area (Å²) in [6.07, 6.45) is 0. The van der Waals surface area contributed by atoms with E-state index in [0.717, 1.165) is 44.0 Å². The van der Waals surface area contributed by atoms with Crippen molar-refractivity contribution in [3.63, 3.8) is 0 Å². The van der Waals surface area contributed by atoms with Gasteiger partial charge in [-0.05, 0) is 48.5 Å². The summed E-state index contributed by atoms with van der Waals surface area (Å²) < 4.78 is 5.71. The molecule has 33 heavy (non-hydrogen) atoms. The molecule has 1 heterocycles. The minimum atomic E-state index is 0.704. The van der Waals surface area contributed by atoms with Gasteiger partial charge in [0.15, 0.2) is 0 Å². The maximum atomic E-state index is 6.14. The molecule has 1 aromatic heterocycles. The van der Waals surface area contributed by atoms with Crippen molar-refractivity contribution in [1.29, 1.82) is 0 Å². The lowest BCUT2D eigenvalue weighted by molar-refractivity contribution is 0.416. The van der Waals surface area contributed by atoms with Gasteiger partial charge in [0.05, 0.1) is 7.11 Å². The standard InChI is InChI=1S/C28H21ClN2OS/c1-32-25-15-9-8-14-24(25)26-28(33-27(30-26)20-16-18-21(29)19-17-20)31(22-10-4-2-5-11-22)23-12-6-3-7-13-23/h2-19H,1H3. The molecular weight excluding hydrogens is 448 g/mol. The predicted molar refractivity (Wildman–Crippen MR) is 139 cm³/mol. The number of thiazole rings is 1. The molecule has 5 heteroatoms. The van der Waals surface area contributed by atoms with Crippen LogP contribution < -0.4 is 9.64 Å². The Morgan fingerprint density at radius 1 is 0.727 bits per heavy atom. The van der Waals surface area contributed by atoms with Crippen LogP contribution in [0.3, 0.4) is 0 Å². The quantitative estimate of drug-likeness (QED) is 0.249. The van der Waals surface area contributed by atoms with Gasteiger partial charge in [-0.3, -0.25) is 0 Å². The lowest BCUT2D eigenvalue weighted by Crippen LogP contribution is -2.09. The number of hydrogen-bond acceptors (Lipinski definition) is 4. The normalized spacial score (nSPS) is 10.7. The van der Waals surface area contributed by atoms with Crippen LogP contribution in [-0.2, 0) is 0 Å². The van der Waals surface area contributed by atoms with Crippen LogP contribution in [0.1, 0.15) is 0 Å². The monoisotopic (exact) mass is 468 g/mol. The van der Waals surface area contributed by atoms with Gasteiger partial charge in [-0.25, -0.2) is 4.98 Å². The highest BCUT2D eigenvalue weighted by Crippen LogP contribution is 2.48. The largest absolute Gasteiger partial charge is 0.496 e. The first-order chi connectivity index (χ1) is 16.2. The Hall–Kier alpha value is -3.60. The van der Waals surface area contributed by atoms with Crippen molar-refractivity contribution in [1.82, 2.24) is 4.98 Å². The Bertz CT molecular complexity index is 1310. The van der Waals surface area contributed by atoms with Crippen molar-refractivity contribution in [3.05, 3.63) is 114 Å². The molecule has 162 valence electrons. The Morgan fingerprint density at radius 2 is 1.30 bits per heavy atom. The number of nitrogens with zero attached hydrogens (tertiary/aromatic N) is 2. The van der Waals surface area contributed by atoms with Crippen LogP contribution in [0.15, 0.2) is 109 Å². The zero-order valence-corrected chi connectivity index (χ0v) is 19.6. The molecule has 0 amide bonds. The first-order valence-corrected chi connectivity index (χ1v) is 11.7. The Labute approximate surface area is 202 Å². The highest BCUT2D eigenvalue weighted by atomic mass is 35.5. The number of rotatable bonds is 6. The molecule has 0 saturated carbocycles. The summed E-state index contributed by atoms with van der Waals surface area (Å²) >= 11 is 7.79. The van der Waals surface area contributed by atoms with E-state index in [1.807, 2.05) is 54.6 Å². The fraction of sp³-hybridized carbons (Fsp3) is 0.0357. The van der Waals surface area contributed by atoms with Gasteiger partial charge >= 0.3 is 0 Å².